The van der Waals surface area contributed by atoms with E-state index < -0.39 is 5.97 Å². The third kappa shape index (κ3) is 3.53. The standard InChI is InChI=1S/C21H21N3O5/c1-24-10-16-18(20(24)26)15(8-12(22-16)9-17(25)11-6-7-11)23-14-5-3-4-13(21(27)28)19(14)29-2/h3-5,8,11H,6-7,9-10H2,1-2H3,(H,22,23)(H,27,28). The molecule has 2 aliphatic rings. The zero-order valence-corrected chi connectivity index (χ0v) is 16.2. The molecular formula is C21H21N3O5. The molecule has 1 amide bonds. The number of para-hydroxylation sites is 1. The van der Waals surface area contributed by atoms with Crippen molar-refractivity contribution in [2.75, 3.05) is 19.5 Å². The van der Waals surface area contributed by atoms with Crippen LogP contribution in [-0.2, 0) is 17.8 Å². The molecule has 150 valence electrons. The zero-order chi connectivity index (χ0) is 20.7. The number of hydrogen-bond acceptors (Lipinski definition) is 6. The number of ketones is 1. The molecule has 2 heterocycles. The minimum Gasteiger partial charge on any atom is -0.494 e. The van der Waals surface area contributed by atoms with E-state index in [4.69, 9.17) is 4.74 Å². The number of methoxy groups -OCH3 is 1. The summed E-state index contributed by atoms with van der Waals surface area (Å²) in [6.07, 6.45) is 2.07. The van der Waals surface area contributed by atoms with Gasteiger partial charge in [-0.3, -0.25) is 14.6 Å². The Hall–Kier alpha value is -3.42. The number of carboxylic acid groups (broad SMARTS) is 1. The summed E-state index contributed by atoms with van der Waals surface area (Å²) >= 11 is 0. The summed E-state index contributed by atoms with van der Waals surface area (Å²) in [6, 6.07) is 6.42. The number of amides is 1. The number of carboxylic acids is 1. The minimum absolute atomic E-state index is 0.00998. The van der Waals surface area contributed by atoms with Crippen molar-refractivity contribution in [2.24, 2.45) is 5.92 Å². The van der Waals surface area contributed by atoms with Gasteiger partial charge in [0.25, 0.3) is 5.91 Å². The van der Waals surface area contributed by atoms with Gasteiger partial charge < -0.3 is 20.1 Å². The van der Waals surface area contributed by atoms with Crippen LogP contribution in [0.1, 0.15) is 44.9 Å². The Bertz CT molecular complexity index is 1030. The van der Waals surface area contributed by atoms with Crippen molar-refractivity contribution in [3.63, 3.8) is 0 Å². The molecule has 2 aromatic rings. The maximum atomic E-state index is 12.6. The number of hydrogen-bond donors (Lipinski definition) is 2. The number of fused-ring (bicyclic) bond motifs is 1. The lowest BCUT2D eigenvalue weighted by molar-refractivity contribution is -0.119. The van der Waals surface area contributed by atoms with Gasteiger partial charge in [0.15, 0.2) is 5.75 Å². The number of anilines is 2. The highest BCUT2D eigenvalue weighted by Gasteiger charge is 2.33. The van der Waals surface area contributed by atoms with Crippen LogP contribution in [0.4, 0.5) is 11.4 Å². The van der Waals surface area contributed by atoms with Crippen LogP contribution < -0.4 is 10.1 Å². The quantitative estimate of drug-likeness (QED) is 0.742. The maximum absolute atomic E-state index is 12.6. The number of ether oxygens (including phenoxy) is 1. The lowest BCUT2D eigenvalue weighted by Gasteiger charge is -2.16. The summed E-state index contributed by atoms with van der Waals surface area (Å²) < 4.78 is 5.30. The van der Waals surface area contributed by atoms with Crippen LogP contribution in [0, 0.1) is 5.92 Å². The van der Waals surface area contributed by atoms with Gasteiger partial charge in [-0.1, -0.05) is 6.07 Å². The first-order valence-electron chi connectivity index (χ1n) is 9.37. The maximum Gasteiger partial charge on any atom is 0.339 e. The van der Waals surface area contributed by atoms with E-state index in [2.05, 4.69) is 10.3 Å². The predicted octanol–water partition coefficient (Wildman–Crippen LogP) is 2.64. The lowest BCUT2D eigenvalue weighted by atomic mass is 10.1. The van der Waals surface area contributed by atoms with Crippen LogP contribution in [0.2, 0.25) is 0 Å². The molecule has 0 saturated heterocycles. The van der Waals surface area contributed by atoms with E-state index in [1.807, 2.05) is 0 Å². The highest BCUT2D eigenvalue weighted by Crippen LogP contribution is 2.36. The molecule has 0 bridgehead atoms. The van der Waals surface area contributed by atoms with Crippen molar-refractivity contribution in [1.29, 1.82) is 0 Å². The number of aromatic nitrogens is 1. The summed E-state index contributed by atoms with van der Waals surface area (Å²) in [5.74, 6) is -0.843. The number of benzene rings is 1. The average Bonchev–Trinajstić information content (AvgIpc) is 3.48. The van der Waals surface area contributed by atoms with Crippen molar-refractivity contribution >= 4 is 29.0 Å². The van der Waals surface area contributed by atoms with Gasteiger partial charge in [-0.15, -0.1) is 0 Å². The molecule has 8 heteroatoms. The van der Waals surface area contributed by atoms with Crippen molar-refractivity contribution < 1.29 is 24.2 Å². The molecule has 29 heavy (non-hydrogen) atoms. The van der Waals surface area contributed by atoms with E-state index >= 15 is 0 Å². The molecule has 0 unspecified atom stereocenters. The molecule has 1 aromatic carbocycles. The molecule has 0 spiro atoms. The summed E-state index contributed by atoms with van der Waals surface area (Å²) in [7, 11) is 3.08. The van der Waals surface area contributed by atoms with Gasteiger partial charge >= 0.3 is 5.97 Å². The van der Waals surface area contributed by atoms with E-state index in [0.29, 0.717) is 34.9 Å². The topological polar surface area (TPSA) is 109 Å². The molecule has 8 nitrogen and oxygen atoms in total. The molecule has 1 aliphatic carbocycles. The van der Waals surface area contributed by atoms with Gasteiger partial charge in [0.2, 0.25) is 0 Å². The van der Waals surface area contributed by atoms with Crippen molar-refractivity contribution in [1.82, 2.24) is 9.88 Å². The Morgan fingerprint density at radius 2 is 2.07 bits per heavy atom. The third-order valence-electron chi connectivity index (χ3n) is 5.20. The second-order valence-corrected chi connectivity index (χ2v) is 7.38. The van der Waals surface area contributed by atoms with E-state index in [9.17, 15) is 19.5 Å². The smallest absolute Gasteiger partial charge is 0.339 e. The molecular weight excluding hydrogens is 374 g/mol. The Balaban J connectivity index is 1.76. The first kappa shape index (κ1) is 18.9. The highest BCUT2D eigenvalue weighted by atomic mass is 16.5. The van der Waals surface area contributed by atoms with Crippen LogP contribution in [0.15, 0.2) is 24.3 Å². The van der Waals surface area contributed by atoms with Gasteiger partial charge in [-0.05, 0) is 31.0 Å². The third-order valence-corrected chi connectivity index (χ3v) is 5.20. The van der Waals surface area contributed by atoms with Crippen LogP contribution in [0.5, 0.6) is 5.75 Å². The zero-order valence-electron chi connectivity index (χ0n) is 16.2. The predicted molar refractivity (Wildman–Crippen MR) is 105 cm³/mol. The Morgan fingerprint density at radius 3 is 2.72 bits per heavy atom. The van der Waals surface area contributed by atoms with Crippen LogP contribution in [0.25, 0.3) is 0 Å². The molecule has 0 radical (unpaired) electrons. The number of carbonyl (C=O) groups excluding carboxylic acids is 2. The Morgan fingerprint density at radius 1 is 1.31 bits per heavy atom. The molecule has 1 saturated carbocycles. The summed E-state index contributed by atoms with van der Waals surface area (Å²) in [6.45, 7) is 0.362. The number of aromatic carboxylic acids is 1. The van der Waals surface area contributed by atoms with Crippen molar-refractivity contribution in [3.05, 3.63) is 46.8 Å². The molecule has 1 fully saturated rings. The number of nitrogens with zero attached hydrogens (tertiary/aromatic N) is 2. The second-order valence-electron chi connectivity index (χ2n) is 7.38. The van der Waals surface area contributed by atoms with Gasteiger partial charge in [0, 0.05) is 19.4 Å². The van der Waals surface area contributed by atoms with Gasteiger partial charge in [0.1, 0.15) is 11.3 Å². The lowest BCUT2D eigenvalue weighted by Crippen LogP contribution is -2.18. The number of carbonyl (C=O) groups is 3. The van der Waals surface area contributed by atoms with E-state index in [0.717, 1.165) is 12.8 Å². The SMILES string of the molecule is COc1c(Nc2cc(CC(=O)C3CC3)nc3c2C(=O)N(C)C3)cccc1C(=O)O. The summed E-state index contributed by atoms with van der Waals surface area (Å²) in [5.41, 5.74) is 2.55. The first-order valence-corrected chi connectivity index (χ1v) is 9.37. The van der Waals surface area contributed by atoms with Crippen molar-refractivity contribution in [3.8, 4) is 5.75 Å². The fourth-order valence-corrected chi connectivity index (χ4v) is 3.58. The molecule has 1 aromatic heterocycles. The minimum atomic E-state index is -1.11. The molecule has 2 N–H and O–H groups in total. The van der Waals surface area contributed by atoms with Gasteiger partial charge in [-0.25, -0.2) is 4.79 Å². The monoisotopic (exact) mass is 395 g/mol. The van der Waals surface area contributed by atoms with Crippen molar-refractivity contribution in [2.45, 2.75) is 25.8 Å². The van der Waals surface area contributed by atoms with E-state index in [-0.39, 0.29) is 35.3 Å². The first-order chi connectivity index (χ1) is 13.9. The van der Waals surface area contributed by atoms with E-state index in [1.165, 1.54) is 13.2 Å². The normalized spacial score (nSPS) is 15.2. The number of pyridine rings is 1. The fourth-order valence-electron chi connectivity index (χ4n) is 3.58. The Kier molecular flexibility index (Phi) is 4.70. The number of nitrogens with one attached hydrogen (secondary N) is 1. The van der Waals surface area contributed by atoms with Crippen LogP contribution in [-0.4, -0.2) is 46.8 Å². The summed E-state index contributed by atoms with van der Waals surface area (Å²) in [4.78, 5) is 42.5. The van der Waals surface area contributed by atoms with Gasteiger partial charge in [0.05, 0.1) is 42.0 Å². The Labute approximate surface area is 167 Å². The highest BCUT2D eigenvalue weighted by molar-refractivity contribution is 6.04. The fraction of sp³-hybridized carbons (Fsp3) is 0.333. The molecule has 4 rings (SSSR count). The second kappa shape index (κ2) is 7.20. The molecule has 0 atom stereocenters. The summed E-state index contributed by atoms with van der Waals surface area (Å²) in [5, 5.41) is 12.5. The average molecular weight is 395 g/mol. The number of rotatable bonds is 7. The van der Waals surface area contributed by atoms with Crippen LogP contribution >= 0.6 is 0 Å². The largest absolute Gasteiger partial charge is 0.494 e. The van der Waals surface area contributed by atoms with Gasteiger partial charge in [-0.2, -0.15) is 0 Å². The molecule has 1 aliphatic heterocycles. The van der Waals surface area contributed by atoms with E-state index in [1.54, 1.807) is 30.1 Å². The van der Waals surface area contributed by atoms with Crippen LogP contribution in [0.3, 0.4) is 0 Å². The number of Topliss-reactive ketones (excluding diaryl/α,β-unsaturated/α-hetero) is 1.